The maximum atomic E-state index is 14.0. The van der Waals surface area contributed by atoms with Gasteiger partial charge in [-0.05, 0) is 25.8 Å². The number of rotatable bonds is 2. The van der Waals surface area contributed by atoms with Crippen molar-refractivity contribution in [2.45, 2.75) is 37.3 Å². The highest BCUT2D eigenvalue weighted by molar-refractivity contribution is 6.07. The van der Waals surface area contributed by atoms with Gasteiger partial charge in [-0.2, -0.15) is 0 Å². The zero-order chi connectivity index (χ0) is 20.1. The molecule has 1 N–H and O–H groups in total. The summed E-state index contributed by atoms with van der Waals surface area (Å²) in [6, 6.07) is 5.81. The first-order chi connectivity index (χ1) is 13.3. The van der Waals surface area contributed by atoms with Crippen molar-refractivity contribution in [3.05, 3.63) is 35.6 Å². The zero-order valence-corrected chi connectivity index (χ0v) is 15.7. The van der Waals surface area contributed by atoms with Crippen LogP contribution in [0.2, 0.25) is 0 Å². The maximum Gasteiger partial charge on any atom is 0.324 e. The molecule has 0 aliphatic carbocycles. The van der Waals surface area contributed by atoms with Crippen LogP contribution in [0.3, 0.4) is 0 Å². The van der Waals surface area contributed by atoms with Crippen LogP contribution in [0.25, 0.3) is 0 Å². The largest absolute Gasteiger partial charge is 0.379 e. The smallest absolute Gasteiger partial charge is 0.324 e. The Morgan fingerprint density at radius 2 is 1.93 bits per heavy atom. The Morgan fingerprint density at radius 1 is 1.25 bits per heavy atom. The Hall–Kier alpha value is -2.97. The number of oxime groups is 1. The molecule has 0 bridgehead atoms. The number of likely N-dealkylation sites (tertiary alicyclic amines) is 1. The average molecular weight is 388 g/mol. The van der Waals surface area contributed by atoms with Crippen LogP contribution in [-0.4, -0.2) is 64.6 Å². The third-order valence-electron chi connectivity index (χ3n) is 5.77. The summed E-state index contributed by atoms with van der Waals surface area (Å²) in [7, 11) is 1.44. The summed E-state index contributed by atoms with van der Waals surface area (Å²) in [5, 5.41) is 6.70. The number of hydrogen-bond acceptors (Lipinski definition) is 5. The molecular formula is C19H21FN4O4. The van der Waals surface area contributed by atoms with Crippen LogP contribution < -0.4 is 5.32 Å². The van der Waals surface area contributed by atoms with Gasteiger partial charge in [0, 0.05) is 32.1 Å². The normalized spacial score (nSPS) is 26.3. The van der Waals surface area contributed by atoms with Crippen LogP contribution in [0.4, 0.5) is 9.18 Å². The number of nitrogens with one attached hydrogen (secondary N) is 1. The molecule has 8 nitrogen and oxygen atoms in total. The van der Waals surface area contributed by atoms with E-state index in [2.05, 4.69) is 10.5 Å². The first-order valence-corrected chi connectivity index (χ1v) is 9.15. The highest BCUT2D eigenvalue weighted by Gasteiger charge is 2.53. The van der Waals surface area contributed by atoms with E-state index in [0.717, 1.165) is 4.90 Å². The second kappa shape index (κ2) is 6.29. The molecule has 3 aliphatic heterocycles. The quantitative estimate of drug-likeness (QED) is 0.772. The van der Waals surface area contributed by atoms with E-state index in [1.54, 1.807) is 30.0 Å². The number of urea groups is 1. The highest BCUT2D eigenvalue weighted by atomic mass is 19.1. The zero-order valence-electron chi connectivity index (χ0n) is 15.7. The summed E-state index contributed by atoms with van der Waals surface area (Å²) in [4.78, 5) is 45.3. The molecule has 28 heavy (non-hydrogen) atoms. The topological polar surface area (TPSA) is 91.3 Å². The lowest BCUT2D eigenvalue weighted by Crippen LogP contribution is -2.58. The molecule has 2 fully saturated rings. The van der Waals surface area contributed by atoms with Gasteiger partial charge >= 0.3 is 6.03 Å². The van der Waals surface area contributed by atoms with Crippen molar-refractivity contribution in [1.82, 2.24) is 15.1 Å². The van der Waals surface area contributed by atoms with Gasteiger partial charge in [-0.1, -0.05) is 23.4 Å². The fourth-order valence-corrected chi connectivity index (χ4v) is 4.01. The number of carbonyl (C=O) groups excluding carboxylic acids is 3. The summed E-state index contributed by atoms with van der Waals surface area (Å²) in [6.07, 6.45) is 0.836. The molecule has 0 saturated carbocycles. The van der Waals surface area contributed by atoms with Gasteiger partial charge in [0.1, 0.15) is 11.4 Å². The molecule has 0 radical (unpaired) electrons. The monoisotopic (exact) mass is 388 g/mol. The van der Waals surface area contributed by atoms with Crippen LogP contribution in [-0.2, 0) is 14.4 Å². The molecule has 2 saturated heterocycles. The molecule has 0 unspecified atom stereocenters. The number of imide groups is 1. The van der Waals surface area contributed by atoms with Gasteiger partial charge in [-0.15, -0.1) is 0 Å². The van der Waals surface area contributed by atoms with Crippen molar-refractivity contribution in [1.29, 1.82) is 0 Å². The van der Waals surface area contributed by atoms with Crippen LogP contribution in [0.15, 0.2) is 29.4 Å². The van der Waals surface area contributed by atoms with Crippen molar-refractivity contribution < 1.29 is 23.6 Å². The fraction of sp³-hybridized carbons (Fsp3) is 0.474. The molecule has 4 rings (SSSR count). The van der Waals surface area contributed by atoms with Crippen molar-refractivity contribution in [3.8, 4) is 0 Å². The van der Waals surface area contributed by atoms with Crippen molar-refractivity contribution in [2.75, 3.05) is 20.1 Å². The van der Waals surface area contributed by atoms with Gasteiger partial charge < -0.3 is 15.1 Å². The Bertz CT molecular complexity index is 894. The van der Waals surface area contributed by atoms with Crippen LogP contribution >= 0.6 is 0 Å². The van der Waals surface area contributed by atoms with Gasteiger partial charge in [-0.3, -0.25) is 14.5 Å². The molecule has 148 valence electrons. The summed E-state index contributed by atoms with van der Waals surface area (Å²) >= 11 is 0. The van der Waals surface area contributed by atoms with E-state index in [1.807, 2.05) is 0 Å². The lowest BCUT2D eigenvalue weighted by molar-refractivity contribution is -0.156. The third kappa shape index (κ3) is 2.73. The minimum Gasteiger partial charge on any atom is -0.379 e. The molecule has 1 spiro atoms. The Balaban J connectivity index is 1.43. The fourth-order valence-electron chi connectivity index (χ4n) is 4.01. The molecule has 3 heterocycles. The second-order valence-electron chi connectivity index (χ2n) is 7.69. The number of hydrogen-bond donors (Lipinski definition) is 1. The summed E-state index contributed by atoms with van der Waals surface area (Å²) in [6.45, 7) is 2.26. The van der Waals surface area contributed by atoms with E-state index in [-0.39, 0.29) is 18.2 Å². The number of benzene rings is 1. The van der Waals surface area contributed by atoms with E-state index in [9.17, 15) is 18.8 Å². The SMILES string of the molecule is CN1C(=O)NC2(CCN(C(=O)[C@@]3(C)CC(c4ccccc4F)=NO3)CC2)C1=O. The first-order valence-electron chi connectivity index (χ1n) is 9.15. The Labute approximate surface area is 161 Å². The minimum atomic E-state index is -1.22. The molecule has 3 aliphatic rings. The van der Waals surface area contributed by atoms with E-state index >= 15 is 0 Å². The number of carbonyl (C=O) groups is 3. The van der Waals surface area contributed by atoms with E-state index < -0.39 is 23.0 Å². The van der Waals surface area contributed by atoms with Gasteiger partial charge in [0.05, 0.1) is 5.71 Å². The predicted octanol–water partition coefficient (Wildman–Crippen LogP) is 1.25. The summed E-state index contributed by atoms with van der Waals surface area (Å²) < 4.78 is 14.0. The number of piperidine rings is 1. The number of nitrogens with zero attached hydrogens (tertiary/aromatic N) is 3. The molecule has 1 aromatic rings. The highest BCUT2D eigenvalue weighted by Crippen LogP contribution is 2.33. The lowest BCUT2D eigenvalue weighted by Gasteiger charge is -2.39. The summed E-state index contributed by atoms with van der Waals surface area (Å²) in [5.41, 5.74) is -1.45. The standard InChI is InChI=1S/C19H21FN4O4/c1-18(11-14(22-28-18)12-5-3-4-6-13(12)20)15(25)24-9-7-19(8-10-24)16(26)23(2)17(27)21-19/h3-6H,7-11H2,1-2H3,(H,21,27)/t18-/m1/s1. The lowest BCUT2D eigenvalue weighted by atomic mass is 9.86. The van der Waals surface area contributed by atoms with Crippen molar-refractivity contribution in [3.63, 3.8) is 0 Å². The molecule has 1 atom stereocenters. The molecule has 1 aromatic carbocycles. The Kier molecular flexibility index (Phi) is 4.13. The predicted molar refractivity (Wildman–Crippen MR) is 96.9 cm³/mol. The van der Waals surface area contributed by atoms with E-state index in [1.165, 1.54) is 13.1 Å². The van der Waals surface area contributed by atoms with Crippen molar-refractivity contribution in [2.24, 2.45) is 5.16 Å². The average Bonchev–Trinajstić information content (AvgIpc) is 3.18. The van der Waals surface area contributed by atoms with Gasteiger partial charge in [0.2, 0.25) is 5.60 Å². The second-order valence-corrected chi connectivity index (χ2v) is 7.69. The van der Waals surface area contributed by atoms with Crippen LogP contribution in [0, 0.1) is 5.82 Å². The van der Waals surface area contributed by atoms with E-state index in [4.69, 9.17) is 4.84 Å². The minimum absolute atomic E-state index is 0.160. The number of amides is 4. The molecule has 4 amide bonds. The molecule has 0 aromatic heterocycles. The number of halogens is 1. The van der Waals surface area contributed by atoms with E-state index in [0.29, 0.717) is 37.2 Å². The summed E-state index contributed by atoms with van der Waals surface area (Å²) in [5.74, 6) is -0.943. The molecule has 9 heteroatoms. The molecular weight excluding hydrogens is 367 g/mol. The third-order valence-corrected chi connectivity index (χ3v) is 5.77. The van der Waals surface area contributed by atoms with Gasteiger partial charge in [0.25, 0.3) is 11.8 Å². The van der Waals surface area contributed by atoms with Gasteiger partial charge in [-0.25, -0.2) is 9.18 Å². The van der Waals surface area contributed by atoms with Gasteiger partial charge in [0.15, 0.2) is 0 Å². The van der Waals surface area contributed by atoms with Crippen LogP contribution in [0.1, 0.15) is 31.7 Å². The Morgan fingerprint density at radius 3 is 2.54 bits per heavy atom. The van der Waals surface area contributed by atoms with Crippen molar-refractivity contribution >= 4 is 23.6 Å². The first kappa shape index (κ1) is 18.4. The number of likely N-dealkylation sites (N-methyl/N-ethyl adjacent to an activating group) is 1. The van der Waals surface area contributed by atoms with Crippen LogP contribution in [0.5, 0.6) is 0 Å². The maximum absolute atomic E-state index is 14.0.